The van der Waals surface area contributed by atoms with Crippen LogP contribution in [0.15, 0.2) is 0 Å². The summed E-state index contributed by atoms with van der Waals surface area (Å²) >= 11 is 2.75. The number of hydrogen-bond donors (Lipinski definition) is 1. The van der Waals surface area contributed by atoms with Gasteiger partial charge in [0.15, 0.2) is 0 Å². The van der Waals surface area contributed by atoms with Crippen LogP contribution in [0, 0.1) is 5.41 Å². The van der Waals surface area contributed by atoms with E-state index in [0.29, 0.717) is 4.61 Å². The van der Waals surface area contributed by atoms with E-state index >= 15 is 0 Å². The molecule has 0 heterocycles. The monoisotopic (exact) mass is 262 g/mol. The van der Waals surface area contributed by atoms with Crippen molar-refractivity contribution in [1.29, 1.82) is 5.41 Å². The average Bonchev–Trinajstić information content (AvgIpc) is 2.15. The van der Waals surface area contributed by atoms with Gasteiger partial charge in [0.25, 0.3) is 0 Å². The maximum absolute atomic E-state index is 7.23. The van der Waals surface area contributed by atoms with Crippen molar-refractivity contribution < 1.29 is 0 Å². The fourth-order valence-corrected chi connectivity index (χ4v) is 1.90. The van der Waals surface area contributed by atoms with Gasteiger partial charge in [0.1, 0.15) is 0 Å². The standard InChI is InChI=1S/C12H24NSe/c1-2-3-4-5-6-7-8-9-10-11-12(13)14/h13H,2-11H2,1H3. The summed E-state index contributed by atoms with van der Waals surface area (Å²) < 4.78 is 0.716. The fourth-order valence-electron chi connectivity index (χ4n) is 1.60. The van der Waals surface area contributed by atoms with E-state index in [0.717, 1.165) is 6.42 Å². The van der Waals surface area contributed by atoms with E-state index in [9.17, 15) is 0 Å². The molecular weight excluding hydrogens is 237 g/mol. The molecule has 0 spiro atoms. The Balaban J connectivity index is 2.88. The number of rotatable bonds is 10. The summed E-state index contributed by atoms with van der Waals surface area (Å²) in [5.74, 6) is 0. The van der Waals surface area contributed by atoms with Crippen molar-refractivity contribution in [1.82, 2.24) is 0 Å². The van der Waals surface area contributed by atoms with Gasteiger partial charge >= 0.3 is 97.2 Å². The second-order valence-corrected chi connectivity index (χ2v) is 5.04. The Labute approximate surface area is 97.4 Å². The molecule has 0 aliphatic rings. The Morgan fingerprint density at radius 1 is 0.857 bits per heavy atom. The van der Waals surface area contributed by atoms with Crippen LogP contribution < -0.4 is 0 Å². The van der Waals surface area contributed by atoms with Gasteiger partial charge in [0.2, 0.25) is 0 Å². The molecule has 0 aliphatic heterocycles. The molecule has 2 heteroatoms. The molecule has 0 atom stereocenters. The van der Waals surface area contributed by atoms with Gasteiger partial charge < -0.3 is 0 Å². The van der Waals surface area contributed by atoms with Crippen molar-refractivity contribution in [2.24, 2.45) is 0 Å². The quantitative estimate of drug-likeness (QED) is 0.348. The second-order valence-electron chi connectivity index (χ2n) is 4.00. The van der Waals surface area contributed by atoms with E-state index in [2.05, 4.69) is 22.9 Å². The Bertz CT molecular complexity index is 134. The van der Waals surface area contributed by atoms with E-state index in [-0.39, 0.29) is 0 Å². The van der Waals surface area contributed by atoms with Crippen molar-refractivity contribution in [2.75, 3.05) is 0 Å². The molecule has 1 nitrogen and oxygen atoms in total. The van der Waals surface area contributed by atoms with E-state index in [1.165, 1.54) is 57.8 Å². The van der Waals surface area contributed by atoms with Crippen molar-refractivity contribution in [2.45, 2.75) is 71.1 Å². The van der Waals surface area contributed by atoms with Gasteiger partial charge in [-0.2, -0.15) is 0 Å². The van der Waals surface area contributed by atoms with Gasteiger partial charge in [0, 0.05) is 0 Å². The summed E-state index contributed by atoms with van der Waals surface area (Å²) in [6.07, 6.45) is 13.2. The molecule has 83 valence electrons. The zero-order chi connectivity index (χ0) is 10.6. The van der Waals surface area contributed by atoms with E-state index in [1.807, 2.05) is 0 Å². The molecule has 14 heavy (non-hydrogen) atoms. The Morgan fingerprint density at radius 2 is 1.29 bits per heavy atom. The molecular formula is C12H24NSe. The SMILES string of the molecule is CCCCCCCCCCCC(=N)[Se]. The molecule has 0 bridgehead atoms. The first-order chi connectivity index (χ1) is 6.77. The third-order valence-electron chi connectivity index (χ3n) is 2.51. The summed E-state index contributed by atoms with van der Waals surface area (Å²) in [5, 5.41) is 7.23. The topological polar surface area (TPSA) is 23.9 Å². The van der Waals surface area contributed by atoms with Gasteiger partial charge in [-0.05, 0) is 0 Å². The number of nitrogens with one attached hydrogen (secondary N) is 1. The molecule has 0 saturated carbocycles. The Hall–Kier alpha value is 0.189. The van der Waals surface area contributed by atoms with Gasteiger partial charge in [-0.25, -0.2) is 0 Å². The maximum atomic E-state index is 7.23. The van der Waals surface area contributed by atoms with Crippen LogP contribution in [0.3, 0.4) is 0 Å². The Kier molecular flexibility index (Phi) is 11.4. The molecule has 0 aromatic carbocycles. The van der Waals surface area contributed by atoms with E-state index in [4.69, 9.17) is 5.41 Å². The third-order valence-corrected chi connectivity index (χ3v) is 2.94. The predicted molar refractivity (Wildman–Crippen MR) is 65.3 cm³/mol. The van der Waals surface area contributed by atoms with Crippen molar-refractivity contribution in [3.05, 3.63) is 0 Å². The first-order valence-corrected chi connectivity index (χ1v) is 6.87. The van der Waals surface area contributed by atoms with Crippen LogP contribution in [-0.2, 0) is 0 Å². The fraction of sp³-hybridized carbons (Fsp3) is 0.917. The minimum absolute atomic E-state index is 0.716. The van der Waals surface area contributed by atoms with Gasteiger partial charge in [0.05, 0.1) is 0 Å². The molecule has 1 N–H and O–H groups in total. The first-order valence-electron chi connectivity index (χ1n) is 6.01. The van der Waals surface area contributed by atoms with E-state index in [1.54, 1.807) is 0 Å². The average molecular weight is 261 g/mol. The predicted octanol–water partition coefficient (Wildman–Crippen LogP) is 4.05. The van der Waals surface area contributed by atoms with Gasteiger partial charge in [-0.15, -0.1) is 0 Å². The summed E-state index contributed by atoms with van der Waals surface area (Å²) in [5.41, 5.74) is 0. The molecule has 0 unspecified atom stereocenters. The zero-order valence-corrected chi connectivity index (χ0v) is 11.2. The van der Waals surface area contributed by atoms with E-state index < -0.39 is 0 Å². The molecule has 0 aliphatic carbocycles. The van der Waals surface area contributed by atoms with Crippen LogP contribution in [0.2, 0.25) is 0 Å². The third kappa shape index (κ3) is 12.2. The summed E-state index contributed by atoms with van der Waals surface area (Å²) in [6.45, 7) is 2.26. The molecule has 0 rings (SSSR count). The second kappa shape index (κ2) is 11.3. The summed E-state index contributed by atoms with van der Waals surface area (Å²) in [4.78, 5) is 0. The minimum atomic E-state index is 0.716. The van der Waals surface area contributed by atoms with Crippen molar-refractivity contribution in [3.8, 4) is 0 Å². The molecule has 0 fully saturated rings. The Morgan fingerprint density at radius 3 is 1.71 bits per heavy atom. The van der Waals surface area contributed by atoms with Crippen molar-refractivity contribution in [3.63, 3.8) is 0 Å². The number of unbranched alkanes of at least 4 members (excludes halogenated alkanes) is 8. The van der Waals surface area contributed by atoms with Gasteiger partial charge in [-0.1, -0.05) is 0 Å². The van der Waals surface area contributed by atoms with Crippen LogP contribution in [-0.4, -0.2) is 20.6 Å². The van der Waals surface area contributed by atoms with Gasteiger partial charge in [-0.3, -0.25) is 0 Å². The van der Waals surface area contributed by atoms with Crippen LogP contribution in [0.4, 0.5) is 0 Å². The van der Waals surface area contributed by atoms with Crippen molar-refractivity contribution >= 4 is 20.6 Å². The van der Waals surface area contributed by atoms with Crippen LogP contribution in [0.5, 0.6) is 0 Å². The molecule has 0 saturated heterocycles. The molecule has 0 amide bonds. The molecule has 0 aromatic heterocycles. The molecule has 0 aromatic rings. The number of hydrogen-bond acceptors (Lipinski definition) is 1. The summed E-state index contributed by atoms with van der Waals surface area (Å²) in [6, 6.07) is 0. The first kappa shape index (κ1) is 14.2. The summed E-state index contributed by atoms with van der Waals surface area (Å²) in [7, 11) is 0. The zero-order valence-electron chi connectivity index (χ0n) is 9.48. The van der Waals surface area contributed by atoms with Crippen LogP contribution in [0.1, 0.15) is 71.1 Å². The van der Waals surface area contributed by atoms with Crippen LogP contribution in [0.25, 0.3) is 0 Å². The molecule has 1 radical (unpaired) electrons. The normalized spacial score (nSPS) is 10.4. The van der Waals surface area contributed by atoms with Crippen LogP contribution >= 0.6 is 0 Å².